The van der Waals surface area contributed by atoms with E-state index in [-0.39, 0.29) is 11.6 Å². The molecule has 0 radical (unpaired) electrons. The van der Waals surface area contributed by atoms with Crippen molar-refractivity contribution in [3.63, 3.8) is 0 Å². The molecule has 0 saturated carbocycles. The summed E-state index contributed by atoms with van der Waals surface area (Å²) in [6, 6.07) is 11.0. The fraction of sp³-hybridized carbons (Fsp3) is 0.267. The summed E-state index contributed by atoms with van der Waals surface area (Å²) >= 11 is 1.77. The van der Waals surface area contributed by atoms with Crippen LogP contribution >= 0.6 is 11.3 Å². The molecular formula is C15H15FN2S. The van der Waals surface area contributed by atoms with Crippen LogP contribution in [0.5, 0.6) is 0 Å². The first-order valence-electron chi connectivity index (χ1n) is 6.08. The molecule has 98 valence electrons. The lowest BCUT2D eigenvalue weighted by Gasteiger charge is -2.12. The molecule has 1 N–H and O–H groups in total. The molecule has 0 aliphatic carbocycles. The van der Waals surface area contributed by atoms with Gasteiger partial charge in [0.25, 0.3) is 0 Å². The predicted octanol–water partition coefficient (Wildman–Crippen LogP) is 3.92. The lowest BCUT2D eigenvalue weighted by molar-refractivity contribution is 0.580. The van der Waals surface area contributed by atoms with Gasteiger partial charge in [-0.15, -0.1) is 11.3 Å². The predicted molar refractivity (Wildman–Crippen MR) is 75.4 cm³/mol. The highest BCUT2D eigenvalue weighted by atomic mass is 32.1. The smallest absolute Gasteiger partial charge is 0.140 e. The van der Waals surface area contributed by atoms with Crippen LogP contribution < -0.4 is 5.32 Å². The molecule has 1 atom stereocenters. The summed E-state index contributed by atoms with van der Waals surface area (Å²) in [4.78, 5) is 2.57. The number of benzene rings is 1. The minimum Gasteiger partial charge on any atom is -0.305 e. The van der Waals surface area contributed by atoms with Crippen LogP contribution in [0.25, 0.3) is 0 Å². The van der Waals surface area contributed by atoms with Crippen molar-refractivity contribution in [1.29, 1.82) is 5.26 Å². The van der Waals surface area contributed by atoms with Crippen LogP contribution in [0, 0.1) is 24.1 Å². The van der Waals surface area contributed by atoms with Gasteiger partial charge in [-0.25, -0.2) is 4.39 Å². The van der Waals surface area contributed by atoms with Gasteiger partial charge < -0.3 is 5.32 Å². The fourth-order valence-electron chi connectivity index (χ4n) is 1.83. The van der Waals surface area contributed by atoms with Crippen LogP contribution in [0.4, 0.5) is 4.39 Å². The molecule has 1 aromatic carbocycles. The topological polar surface area (TPSA) is 35.8 Å². The molecule has 0 saturated heterocycles. The lowest BCUT2D eigenvalue weighted by Crippen LogP contribution is -2.17. The highest BCUT2D eigenvalue weighted by Gasteiger charge is 2.08. The highest BCUT2D eigenvalue weighted by Crippen LogP contribution is 2.22. The first kappa shape index (κ1) is 13.7. The third-order valence-corrected chi connectivity index (χ3v) is 4.13. The molecule has 1 aromatic heterocycles. The zero-order valence-electron chi connectivity index (χ0n) is 10.9. The average Bonchev–Trinajstić information content (AvgIpc) is 2.84. The number of thiophene rings is 1. The summed E-state index contributed by atoms with van der Waals surface area (Å²) in [6.45, 7) is 4.80. The second kappa shape index (κ2) is 5.96. The first-order valence-corrected chi connectivity index (χ1v) is 6.90. The van der Waals surface area contributed by atoms with Crippen LogP contribution in [0.3, 0.4) is 0 Å². The normalized spacial score (nSPS) is 12.1. The Morgan fingerprint density at radius 1 is 1.37 bits per heavy atom. The van der Waals surface area contributed by atoms with Crippen LogP contribution in [0.1, 0.15) is 33.8 Å². The molecule has 0 aliphatic rings. The molecule has 19 heavy (non-hydrogen) atoms. The van der Waals surface area contributed by atoms with Gasteiger partial charge in [-0.2, -0.15) is 5.26 Å². The maximum atomic E-state index is 13.2. The first-order chi connectivity index (χ1) is 9.10. The van der Waals surface area contributed by atoms with Crippen molar-refractivity contribution in [3.8, 4) is 6.07 Å². The molecule has 4 heteroatoms. The van der Waals surface area contributed by atoms with E-state index in [9.17, 15) is 4.39 Å². The molecule has 1 heterocycles. The van der Waals surface area contributed by atoms with Crippen LogP contribution in [-0.4, -0.2) is 0 Å². The van der Waals surface area contributed by atoms with Crippen molar-refractivity contribution in [2.45, 2.75) is 26.4 Å². The van der Waals surface area contributed by atoms with E-state index in [1.165, 1.54) is 15.8 Å². The SMILES string of the molecule is Cc1ccc(C(C)NCc2ccc(F)c(C#N)c2)s1. The van der Waals surface area contributed by atoms with Crippen molar-refractivity contribution in [1.82, 2.24) is 5.32 Å². The molecule has 2 nitrogen and oxygen atoms in total. The molecule has 2 aromatic rings. The lowest BCUT2D eigenvalue weighted by atomic mass is 10.1. The molecule has 0 fully saturated rings. The second-order valence-electron chi connectivity index (χ2n) is 4.48. The van der Waals surface area contributed by atoms with Crippen molar-refractivity contribution >= 4 is 11.3 Å². The number of nitrogens with one attached hydrogen (secondary N) is 1. The molecule has 0 spiro atoms. The minimum absolute atomic E-state index is 0.0962. The number of halogens is 1. The van der Waals surface area contributed by atoms with Crippen LogP contribution in [-0.2, 0) is 6.54 Å². The molecular weight excluding hydrogens is 259 g/mol. The summed E-state index contributed by atoms with van der Waals surface area (Å²) in [5.74, 6) is -0.465. The number of nitriles is 1. The van der Waals surface area contributed by atoms with Gasteiger partial charge in [0.05, 0.1) is 5.56 Å². The van der Waals surface area contributed by atoms with Crippen LogP contribution in [0.2, 0.25) is 0 Å². The van der Waals surface area contributed by atoms with Crippen LogP contribution in [0.15, 0.2) is 30.3 Å². The number of nitrogens with zero attached hydrogens (tertiary/aromatic N) is 1. The summed E-state index contributed by atoms with van der Waals surface area (Å²) in [5, 5.41) is 12.2. The fourth-order valence-corrected chi connectivity index (χ4v) is 2.73. The Morgan fingerprint density at radius 2 is 2.16 bits per heavy atom. The van der Waals surface area contributed by atoms with E-state index in [2.05, 4.69) is 31.3 Å². The van der Waals surface area contributed by atoms with E-state index in [0.29, 0.717) is 6.54 Å². The Labute approximate surface area is 116 Å². The summed E-state index contributed by atoms with van der Waals surface area (Å²) in [6.07, 6.45) is 0. The average molecular weight is 274 g/mol. The largest absolute Gasteiger partial charge is 0.305 e. The maximum Gasteiger partial charge on any atom is 0.140 e. The van der Waals surface area contributed by atoms with Crippen molar-refractivity contribution in [3.05, 3.63) is 57.0 Å². The molecule has 0 amide bonds. The van der Waals surface area contributed by atoms with Gasteiger partial charge in [0.1, 0.15) is 11.9 Å². The van der Waals surface area contributed by atoms with Crippen molar-refractivity contribution in [2.24, 2.45) is 0 Å². The Hall–Kier alpha value is -1.70. The van der Waals surface area contributed by atoms with Gasteiger partial charge in [0.2, 0.25) is 0 Å². The summed E-state index contributed by atoms with van der Waals surface area (Å²) < 4.78 is 13.2. The third kappa shape index (κ3) is 3.40. The Bertz CT molecular complexity index is 613. The van der Waals surface area contributed by atoms with E-state index in [4.69, 9.17) is 5.26 Å². The molecule has 0 aliphatic heterocycles. The standard InChI is InChI=1S/C15H15FN2S/c1-10-3-6-15(19-10)11(2)18-9-12-4-5-14(16)13(7-12)8-17/h3-7,11,18H,9H2,1-2H3. The van der Waals surface area contributed by atoms with E-state index >= 15 is 0 Å². The van der Waals surface area contributed by atoms with Gasteiger partial charge >= 0.3 is 0 Å². The molecule has 1 unspecified atom stereocenters. The van der Waals surface area contributed by atoms with E-state index < -0.39 is 5.82 Å². The number of hydrogen-bond donors (Lipinski definition) is 1. The third-order valence-electron chi connectivity index (χ3n) is 2.95. The van der Waals surface area contributed by atoms with Crippen molar-refractivity contribution in [2.75, 3.05) is 0 Å². The van der Waals surface area contributed by atoms with E-state index in [1.54, 1.807) is 23.5 Å². The minimum atomic E-state index is -0.465. The summed E-state index contributed by atoms with van der Waals surface area (Å²) in [5.41, 5.74) is 1.01. The van der Waals surface area contributed by atoms with Crippen molar-refractivity contribution < 1.29 is 4.39 Å². The highest BCUT2D eigenvalue weighted by molar-refractivity contribution is 7.12. The monoisotopic (exact) mass is 274 g/mol. The van der Waals surface area contributed by atoms with Gasteiger partial charge in [0.15, 0.2) is 0 Å². The van der Waals surface area contributed by atoms with Gasteiger partial charge in [-0.3, -0.25) is 0 Å². The summed E-state index contributed by atoms with van der Waals surface area (Å²) in [7, 11) is 0. The maximum absolute atomic E-state index is 13.2. The number of aryl methyl sites for hydroxylation is 1. The Balaban J connectivity index is 2.01. The van der Waals surface area contributed by atoms with Gasteiger partial charge in [-0.05, 0) is 43.7 Å². The Morgan fingerprint density at radius 3 is 2.79 bits per heavy atom. The quantitative estimate of drug-likeness (QED) is 0.917. The molecule has 2 rings (SSSR count). The molecule has 0 bridgehead atoms. The number of hydrogen-bond acceptors (Lipinski definition) is 3. The van der Waals surface area contributed by atoms with E-state index in [0.717, 1.165) is 5.56 Å². The Kier molecular flexibility index (Phi) is 4.31. The second-order valence-corrected chi connectivity index (χ2v) is 5.80. The zero-order chi connectivity index (χ0) is 13.8. The van der Waals surface area contributed by atoms with Gasteiger partial charge in [-0.1, -0.05) is 6.07 Å². The number of rotatable bonds is 4. The zero-order valence-corrected chi connectivity index (χ0v) is 11.7. The van der Waals surface area contributed by atoms with E-state index in [1.807, 2.05) is 6.07 Å². The van der Waals surface area contributed by atoms with Gasteiger partial charge in [0, 0.05) is 22.3 Å².